The molecule has 2 aromatic carbocycles. The van der Waals surface area contributed by atoms with Crippen molar-refractivity contribution in [2.45, 2.75) is 37.8 Å². The molecule has 2 fully saturated rings. The van der Waals surface area contributed by atoms with Crippen molar-refractivity contribution in [1.82, 2.24) is 19.9 Å². The van der Waals surface area contributed by atoms with Gasteiger partial charge in [-0.25, -0.2) is 15.0 Å². The first-order valence-corrected chi connectivity index (χ1v) is 14.3. The number of ether oxygens (including phenoxy) is 2. The van der Waals surface area contributed by atoms with Crippen LogP contribution in [0.2, 0.25) is 0 Å². The molecule has 10 heteroatoms. The molecule has 0 unspecified atom stereocenters. The molecule has 2 aromatic heterocycles. The number of thiazole rings is 1. The van der Waals surface area contributed by atoms with Crippen LogP contribution in [0.25, 0.3) is 26.7 Å². The number of piperidine rings is 1. The maximum atomic E-state index is 6.76. The van der Waals surface area contributed by atoms with Crippen LogP contribution < -0.4 is 15.8 Å². The Hall–Kier alpha value is -3.60. The maximum Gasteiger partial charge on any atom is 0.145 e. The molecule has 0 amide bonds. The number of allylic oxidation sites excluding steroid dienone is 1. The fraction of sp³-hybridized carbons (Fsp3) is 0.379. The van der Waals surface area contributed by atoms with E-state index in [1.165, 1.54) is 0 Å². The van der Waals surface area contributed by atoms with Crippen molar-refractivity contribution >= 4 is 55.7 Å². The summed E-state index contributed by atoms with van der Waals surface area (Å²) in [4.78, 5) is 20.4. The molecule has 0 radical (unpaired) electrons. The summed E-state index contributed by atoms with van der Waals surface area (Å²) in [6.07, 6.45) is 9.17. The summed E-state index contributed by atoms with van der Waals surface area (Å²) in [5.74, 6) is 1.45. The molecule has 202 valence electrons. The Balaban J connectivity index is 1.32. The van der Waals surface area contributed by atoms with Gasteiger partial charge in [0.2, 0.25) is 0 Å². The minimum atomic E-state index is 0.103. The first kappa shape index (κ1) is 25.7. The van der Waals surface area contributed by atoms with Crippen LogP contribution in [0.5, 0.6) is 5.75 Å². The number of hydrogen-bond acceptors (Lipinski definition) is 10. The van der Waals surface area contributed by atoms with Gasteiger partial charge in [-0.2, -0.15) is 0 Å². The number of rotatable bonds is 7. The predicted octanol–water partition coefficient (Wildman–Crippen LogP) is 5.01. The number of nitrogens with one attached hydrogen (secondary N) is 1. The Morgan fingerprint density at radius 2 is 1.95 bits per heavy atom. The molecule has 2 aliphatic heterocycles. The summed E-state index contributed by atoms with van der Waals surface area (Å²) in [5.41, 5.74) is 12.2. The number of nitrogens with zero attached hydrogens (tertiary/aromatic N) is 5. The number of benzene rings is 2. The fourth-order valence-corrected chi connectivity index (χ4v) is 6.24. The summed E-state index contributed by atoms with van der Waals surface area (Å²) in [7, 11) is 1.73. The number of likely N-dealkylation sites (tertiary alicyclic amines) is 1. The lowest BCUT2D eigenvalue weighted by molar-refractivity contribution is 0.0103. The standard InChI is InChI=1S/C29H33N7O2S/c1-31-16-20(15-30)19-12-25-28(29(33-17-32-25)35-21-2-3-24-27(14-21)39-18-34-24)26(13-19)38-23-4-8-36(9-5-23)22-6-10-37-11-7-22/h2-3,12-18,22-23H,4-11,30H2,1H3,(H,32,33,35). The van der Waals surface area contributed by atoms with Gasteiger partial charge in [0.1, 0.15) is 24.0 Å². The van der Waals surface area contributed by atoms with E-state index in [1.54, 1.807) is 37.1 Å². The van der Waals surface area contributed by atoms with E-state index in [9.17, 15) is 0 Å². The number of anilines is 2. The molecule has 2 aliphatic rings. The Morgan fingerprint density at radius 1 is 1.10 bits per heavy atom. The van der Waals surface area contributed by atoms with Gasteiger partial charge in [0.05, 0.1) is 26.6 Å². The van der Waals surface area contributed by atoms with Crippen molar-refractivity contribution in [1.29, 1.82) is 0 Å². The van der Waals surface area contributed by atoms with Crippen molar-refractivity contribution in [2.75, 3.05) is 38.7 Å². The van der Waals surface area contributed by atoms with Crippen LogP contribution in [0.4, 0.5) is 11.5 Å². The second-order valence-corrected chi connectivity index (χ2v) is 10.8. The van der Waals surface area contributed by atoms with E-state index in [2.05, 4.69) is 36.2 Å². The molecule has 4 aromatic rings. The van der Waals surface area contributed by atoms with Crippen LogP contribution in [0.1, 0.15) is 31.2 Å². The van der Waals surface area contributed by atoms with Gasteiger partial charge in [-0.1, -0.05) is 0 Å². The number of hydrogen-bond donors (Lipinski definition) is 2. The molecule has 4 heterocycles. The van der Waals surface area contributed by atoms with Crippen molar-refractivity contribution in [3.63, 3.8) is 0 Å². The molecule has 3 N–H and O–H groups in total. The van der Waals surface area contributed by atoms with Crippen LogP contribution in [0.3, 0.4) is 0 Å². The lowest BCUT2D eigenvalue weighted by Crippen LogP contribution is -2.46. The van der Waals surface area contributed by atoms with Gasteiger partial charge in [-0.05, 0) is 61.6 Å². The van der Waals surface area contributed by atoms with E-state index in [-0.39, 0.29) is 6.10 Å². The van der Waals surface area contributed by atoms with Gasteiger partial charge in [0.15, 0.2) is 0 Å². The van der Waals surface area contributed by atoms with Gasteiger partial charge < -0.3 is 20.5 Å². The molecule has 6 rings (SSSR count). The van der Waals surface area contributed by atoms with E-state index < -0.39 is 0 Å². The lowest BCUT2D eigenvalue weighted by atomic mass is 10.0. The average Bonchev–Trinajstić information content (AvgIpc) is 3.45. The van der Waals surface area contributed by atoms with Crippen LogP contribution in [0.15, 0.2) is 53.4 Å². The van der Waals surface area contributed by atoms with Crippen molar-refractivity contribution < 1.29 is 9.47 Å². The zero-order valence-electron chi connectivity index (χ0n) is 22.0. The number of aliphatic imine (C=N–C) groups is 1. The van der Waals surface area contributed by atoms with Gasteiger partial charge in [-0.15, -0.1) is 11.3 Å². The highest BCUT2D eigenvalue weighted by Crippen LogP contribution is 2.37. The SMILES string of the molecule is CN=CC(=CN)c1cc(OC2CCN(C3CCOCC3)CC2)c2c(Nc3ccc4ncsc4c3)ncnc2c1. The van der Waals surface area contributed by atoms with Crippen molar-refractivity contribution in [3.05, 3.63) is 53.9 Å². The molecule has 0 bridgehead atoms. The van der Waals surface area contributed by atoms with E-state index in [4.69, 9.17) is 15.2 Å². The maximum absolute atomic E-state index is 6.76. The molecular formula is C29H33N7O2S. The highest BCUT2D eigenvalue weighted by molar-refractivity contribution is 7.16. The third-order valence-corrected chi connectivity index (χ3v) is 8.35. The first-order chi connectivity index (χ1) is 19.2. The molecule has 2 saturated heterocycles. The molecule has 0 saturated carbocycles. The second-order valence-electron chi connectivity index (χ2n) is 9.96. The van der Waals surface area contributed by atoms with Gasteiger partial charge in [0, 0.05) is 63.1 Å². The monoisotopic (exact) mass is 543 g/mol. The molecular weight excluding hydrogens is 510 g/mol. The van der Waals surface area contributed by atoms with Crippen LogP contribution in [-0.4, -0.2) is 71.6 Å². The summed E-state index contributed by atoms with van der Waals surface area (Å²) in [6, 6.07) is 10.8. The highest BCUT2D eigenvalue weighted by Gasteiger charge is 2.28. The van der Waals surface area contributed by atoms with E-state index in [0.29, 0.717) is 11.9 Å². The largest absolute Gasteiger partial charge is 0.489 e. The summed E-state index contributed by atoms with van der Waals surface area (Å²) < 4.78 is 13.4. The van der Waals surface area contributed by atoms with E-state index >= 15 is 0 Å². The first-order valence-electron chi connectivity index (χ1n) is 13.4. The van der Waals surface area contributed by atoms with E-state index in [0.717, 1.165) is 95.7 Å². The van der Waals surface area contributed by atoms with Crippen molar-refractivity contribution in [2.24, 2.45) is 10.7 Å². The average molecular weight is 544 g/mol. The van der Waals surface area contributed by atoms with Crippen LogP contribution in [-0.2, 0) is 4.74 Å². The third kappa shape index (κ3) is 5.59. The highest BCUT2D eigenvalue weighted by atomic mass is 32.1. The normalized spacial score (nSPS) is 18.3. The number of aromatic nitrogens is 3. The van der Waals surface area contributed by atoms with Gasteiger partial charge in [0.25, 0.3) is 0 Å². The smallest absolute Gasteiger partial charge is 0.145 e. The number of fused-ring (bicyclic) bond motifs is 2. The Kier molecular flexibility index (Phi) is 7.67. The lowest BCUT2D eigenvalue weighted by Gasteiger charge is -2.39. The van der Waals surface area contributed by atoms with Gasteiger partial charge >= 0.3 is 0 Å². The minimum absolute atomic E-state index is 0.103. The fourth-order valence-electron chi connectivity index (χ4n) is 5.52. The zero-order chi connectivity index (χ0) is 26.6. The summed E-state index contributed by atoms with van der Waals surface area (Å²) in [6.45, 7) is 3.78. The third-order valence-electron chi connectivity index (χ3n) is 7.55. The molecule has 0 atom stereocenters. The van der Waals surface area contributed by atoms with Crippen molar-refractivity contribution in [3.8, 4) is 5.75 Å². The van der Waals surface area contributed by atoms with Crippen LogP contribution in [0, 0.1) is 0 Å². The second kappa shape index (κ2) is 11.6. The topological polar surface area (TPSA) is 111 Å². The summed E-state index contributed by atoms with van der Waals surface area (Å²) >= 11 is 1.61. The minimum Gasteiger partial charge on any atom is -0.489 e. The summed E-state index contributed by atoms with van der Waals surface area (Å²) in [5, 5.41) is 4.36. The molecule has 0 aliphatic carbocycles. The Morgan fingerprint density at radius 3 is 2.74 bits per heavy atom. The van der Waals surface area contributed by atoms with Crippen LogP contribution >= 0.6 is 11.3 Å². The Labute approximate surface area is 231 Å². The number of nitrogens with two attached hydrogens (primary N) is 1. The Bertz CT molecular complexity index is 1500. The quantitative estimate of drug-likeness (QED) is 0.313. The zero-order valence-corrected chi connectivity index (χ0v) is 22.9. The molecule has 0 spiro atoms. The predicted molar refractivity (Wildman–Crippen MR) is 158 cm³/mol. The van der Waals surface area contributed by atoms with Gasteiger partial charge in [-0.3, -0.25) is 9.89 Å². The molecule has 9 nitrogen and oxygen atoms in total. The molecule has 39 heavy (non-hydrogen) atoms. The van der Waals surface area contributed by atoms with E-state index in [1.807, 2.05) is 29.8 Å².